The second kappa shape index (κ2) is 4.87. The zero-order chi connectivity index (χ0) is 9.68. The van der Waals surface area contributed by atoms with E-state index in [1.807, 2.05) is 31.2 Å². The van der Waals surface area contributed by atoms with Gasteiger partial charge in [0.2, 0.25) is 0 Å². The average molecular weight is 197 g/mol. The summed E-state index contributed by atoms with van der Waals surface area (Å²) in [4.78, 5) is 0. The van der Waals surface area contributed by atoms with Crippen molar-refractivity contribution >= 4 is 17.8 Å². The quantitative estimate of drug-likeness (QED) is 0.633. The molecule has 1 atom stereocenters. The summed E-state index contributed by atoms with van der Waals surface area (Å²) in [7, 11) is 0. The highest BCUT2D eigenvalue weighted by molar-refractivity contribution is 6.31. The van der Waals surface area contributed by atoms with Crippen LogP contribution < -0.4 is 5.43 Å². The zero-order valence-corrected chi connectivity index (χ0v) is 8.55. The van der Waals surface area contributed by atoms with E-state index >= 15 is 0 Å². The molecular formula is C10H13ClN2. The first-order valence-electron chi connectivity index (χ1n) is 4.20. The molecule has 0 saturated carbocycles. The Morgan fingerprint density at radius 3 is 3.08 bits per heavy atom. The first-order valence-corrected chi connectivity index (χ1v) is 4.58. The van der Waals surface area contributed by atoms with Gasteiger partial charge in [0.15, 0.2) is 0 Å². The maximum atomic E-state index is 5.97. The SMILES string of the molecule is C/C1=C\C(Cl)=C/C(C)C=C/C=N\N1. The number of hydrazone groups is 1. The van der Waals surface area contributed by atoms with Crippen LogP contribution in [-0.4, -0.2) is 6.21 Å². The Balaban J connectivity index is 2.86. The van der Waals surface area contributed by atoms with E-state index in [9.17, 15) is 0 Å². The van der Waals surface area contributed by atoms with Gasteiger partial charge in [-0.2, -0.15) is 5.10 Å². The molecule has 0 aromatic heterocycles. The molecule has 1 aliphatic heterocycles. The van der Waals surface area contributed by atoms with Gasteiger partial charge in [-0.3, -0.25) is 5.43 Å². The highest BCUT2D eigenvalue weighted by atomic mass is 35.5. The van der Waals surface area contributed by atoms with Gasteiger partial charge in [0.05, 0.1) is 0 Å². The third kappa shape index (κ3) is 3.95. The van der Waals surface area contributed by atoms with E-state index in [0.717, 1.165) is 10.7 Å². The summed E-state index contributed by atoms with van der Waals surface area (Å²) in [5.74, 6) is 0.334. The van der Waals surface area contributed by atoms with Crippen molar-refractivity contribution < 1.29 is 0 Å². The molecule has 0 radical (unpaired) electrons. The molecule has 0 aromatic carbocycles. The maximum absolute atomic E-state index is 5.97. The first-order chi connectivity index (χ1) is 6.18. The highest BCUT2D eigenvalue weighted by Gasteiger charge is 1.95. The van der Waals surface area contributed by atoms with Gasteiger partial charge in [-0.1, -0.05) is 30.7 Å². The van der Waals surface area contributed by atoms with Crippen molar-refractivity contribution in [2.75, 3.05) is 0 Å². The second-order valence-corrected chi connectivity index (χ2v) is 3.45. The van der Waals surface area contributed by atoms with Gasteiger partial charge < -0.3 is 0 Å². The lowest BCUT2D eigenvalue weighted by atomic mass is 10.1. The zero-order valence-electron chi connectivity index (χ0n) is 7.79. The Morgan fingerprint density at radius 2 is 2.31 bits per heavy atom. The lowest BCUT2D eigenvalue weighted by Gasteiger charge is -2.03. The van der Waals surface area contributed by atoms with Crippen LogP contribution in [0.15, 0.2) is 40.1 Å². The number of nitrogens with zero attached hydrogens (tertiary/aromatic N) is 1. The maximum Gasteiger partial charge on any atom is 0.0469 e. The summed E-state index contributed by atoms with van der Waals surface area (Å²) < 4.78 is 0. The Hall–Kier alpha value is -1.02. The Morgan fingerprint density at radius 1 is 1.54 bits per heavy atom. The largest absolute Gasteiger partial charge is 0.283 e. The van der Waals surface area contributed by atoms with Gasteiger partial charge >= 0.3 is 0 Å². The topological polar surface area (TPSA) is 24.4 Å². The van der Waals surface area contributed by atoms with Crippen LogP contribution in [-0.2, 0) is 0 Å². The number of halogens is 1. The Kier molecular flexibility index (Phi) is 3.77. The number of nitrogens with one attached hydrogen (secondary N) is 1. The van der Waals surface area contributed by atoms with Crippen LogP contribution in [0.5, 0.6) is 0 Å². The smallest absolute Gasteiger partial charge is 0.0469 e. The Labute approximate surface area is 83.7 Å². The van der Waals surface area contributed by atoms with E-state index < -0.39 is 0 Å². The van der Waals surface area contributed by atoms with Crippen LogP contribution in [0.4, 0.5) is 0 Å². The van der Waals surface area contributed by atoms with E-state index in [4.69, 9.17) is 11.6 Å². The van der Waals surface area contributed by atoms with Gasteiger partial charge in [-0.15, -0.1) is 0 Å². The minimum Gasteiger partial charge on any atom is -0.283 e. The molecule has 0 aliphatic carbocycles. The second-order valence-electron chi connectivity index (χ2n) is 3.01. The van der Waals surface area contributed by atoms with Crippen molar-refractivity contribution in [3.63, 3.8) is 0 Å². The summed E-state index contributed by atoms with van der Waals surface area (Å²) in [5, 5.41) is 4.70. The van der Waals surface area contributed by atoms with Crippen molar-refractivity contribution in [3.8, 4) is 0 Å². The van der Waals surface area contributed by atoms with E-state index in [0.29, 0.717) is 5.92 Å². The molecule has 3 heteroatoms. The summed E-state index contributed by atoms with van der Waals surface area (Å²) in [6.45, 7) is 3.99. The molecule has 1 heterocycles. The third-order valence-electron chi connectivity index (χ3n) is 1.59. The lowest BCUT2D eigenvalue weighted by molar-refractivity contribution is 0.887. The minimum atomic E-state index is 0.334. The predicted octanol–water partition coefficient (Wildman–Crippen LogP) is 2.79. The molecule has 1 unspecified atom stereocenters. The van der Waals surface area contributed by atoms with Crippen LogP contribution in [0.25, 0.3) is 0 Å². The standard InChI is InChI=1S/C10H13ClN2/c1-8-4-3-5-12-13-9(2)7-10(11)6-8/h3-8,13H,1-2H3/b4-3?,9-7+,10-6+,12-5-. The van der Waals surface area contributed by atoms with Crippen LogP contribution in [0.2, 0.25) is 0 Å². The van der Waals surface area contributed by atoms with E-state index in [1.54, 1.807) is 6.21 Å². The van der Waals surface area contributed by atoms with E-state index in [-0.39, 0.29) is 0 Å². The summed E-state index contributed by atoms with van der Waals surface area (Å²) >= 11 is 5.97. The minimum absolute atomic E-state index is 0.334. The van der Waals surface area contributed by atoms with E-state index in [2.05, 4.69) is 17.5 Å². The molecule has 0 bridgehead atoms. The van der Waals surface area contributed by atoms with E-state index in [1.165, 1.54) is 0 Å². The monoisotopic (exact) mass is 196 g/mol. The normalized spacial score (nSPS) is 33.6. The molecular weight excluding hydrogens is 184 g/mol. The van der Waals surface area contributed by atoms with Gasteiger partial charge in [0.25, 0.3) is 0 Å². The number of hydrogen-bond acceptors (Lipinski definition) is 2. The van der Waals surface area contributed by atoms with Crippen molar-refractivity contribution in [3.05, 3.63) is 35.0 Å². The van der Waals surface area contributed by atoms with Crippen molar-refractivity contribution in [2.45, 2.75) is 13.8 Å². The summed E-state index contributed by atoms with van der Waals surface area (Å²) in [6, 6.07) is 0. The third-order valence-corrected chi connectivity index (χ3v) is 1.83. The van der Waals surface area contributed by atoms with Crippen LogP contribution in [0, 0.1) is 5.92 Å². The molecule has 13 heavy (non-hydrogen) atoms. The highest BCUT2D eigenvalue weighted by Crippen LogP contribution is 2.11. The fraction of sp³-hybridized carbons (Fsp3) is 0.300. The Bertz CT molecular complexity index is 287. The molecule has 1 rings (SSSR count). The van der Waals surface area contributed by atoms with Crippen molar-refractivity contribution in [1.29, 1.82) is 0 Å². The molecule has 0 spiro atoms. The molecule has 0 fully saturated rings. The fourth-order valence-electron chi connectivity index (χ4n) is 1.00. The molecule has 1 N–H and O–H groups in total. The molecule has 0 amide bonds. The first kappa shape index (κ1) is 10.1. The van der Waals surface area contributed by atoms with Crippen LogP contribution in [0.1, 0.15) is 13.8 Å². The number of rotatable bonds is 0. The molecule has 2 nitrogen and oxygen atoms in total. The predicted molar refractivity (Wildman–Crippen MR) is 57.6 cm³/mol. The number of hydrogen-bond donors (Lipinski definition) is 1. The summed E-state index contributed by atoms with van der Waals surface area (Å²) in [5.41, 5.74) is 3.78. The molecule has 0 saturated heterocycles. The van der Waals surface area contributed by atoms with Gasteiger partial charge in [0.1, 0.15) is 0 Å². The molecule has 70 valence electrons. The molecule has 1 aliphatic rings. The summed E-state index contributed by atoms with van der Waals surface area (Å²) in [6.07, 6.45) is 9.50. The van der Waals surface area contributed by atoms with Gasteiger partial charge in [-0.25, -0.2) is 0 Å². The number of allylic oxidation sites excluding steroid dienone is 6. The van der Waals surface area contributed by atoms with Crippen LogP contribution in [0.3, 0.4) is 0 Å². The van der Waals surface area contributed by atoms with Crippen LogP contribution >= 0.6 is 11.6 Å². The van der Waals surface area contributed by atoms with Gasteiger partial charge in [0, 0.05) is 16.9 Å². The molecule has 0 aromatic rings. The van der Waals surface area contributed by atoms with Crippen molar-refractivity contribution in [2.24, 2.45) is 11.0 Å². The lowest BCUT2D eigenvalue weighted by Crippen LogP contribution is -2.02. The van der Waals surface area contributed by atoms with Crippen molar-refractivity contribution in [1.82, 2.24) is 5.43 Å². The average Bonchev–Trinajstić information content (AvgIpc) is 2.02. The van der Waals surface area contributed by atoms with Gasteiger partial charge in [-0.05, 0) is 25.0 Å². The fourth-order valence-corrected chi connectivity index (χ4v) is 1.36.